The minimum Gasteiger partial charge on any atom is -0.396 e. The van der Waals surface area contributed by atoms with Crippen molar-refractivity contribution in [3.8, 4) is 0 Å². The van der Waals surface area contributed by atoms with Gasteiger partial charge in [0.2, 0.25) is 0 Å². The number of aliphatic hydroxyl groups excluding tert-OH is 2. The molecule has 1 aliphatic carbocycles. The summed E-state index contributed by atoms with van der Waals surface area (Å²) in [6.45, 7) is -0.0435. The summed E-state index contributed by atoms with van der Waals surface area (Å²) < 4.78 is 0. The van der Waals surface area contributed by atoms with Crippen molar-refractivity contribution < 1.29 is 15.0 Å². The van der Waals surface area contributed by atoms with Crippen LogP contribution in [0.5, 0.6) is 0 Å². The van der Waals surface area contributed by atoms with Gasteiger partial charge in [0, 0.05) is 18.6 Å². The van der Waals surface area contributed by atoms with Crippen molar-refractivity contribution in [2.24, 2.45) is 11.7 Å². The Hall–Kier alpha value is -0.810. The van der Waals surface area contributed by atoms with Gasteiger partial charge in [-0.2, -0.15) is 0 Å². The summed E-state index contributed by atoms with van der Waals surface area (Å²) in [5, 5.41) is 20.6. The molecule has 0 aliphatic heterocycles. The maximum Gasteiger partial charge on any atom is 0.312 e. The van der Waals surface area contributed by atoms with E-state index < -0.39 is 12.1 Å². The molecule has 12 heavy (non-hydrogen) atoms. The van der Waals surface area contributed by atoms with Gasteiger partial charge in [-0.1, -0.05) is 0 Å². The van der Waals surface area contributed by atoms with Crippen LogP contribution in [0.3, 0.4) is 0 Å². The van der Waals surface area contributed by atoms with Crippen molar-refractivity contribution in [1.82, 2.24) is 5.32 Å². The zero-order valence-electron chi connectivity index (χ0n) is 6.73. The van der Waals surface area contributed by atoms with E-state index in [0.717, 1.165) is 0 Å². The fourth-order valence-electron chi connectivity index (χ4n) is 1.62. The average molecular weight is 174 g/mol. The molecule has 0 saturated heterocycles. The summed E-state index contributed by atoms with van der Waals surface area (Å²) in [5.41, 5.74) is 4.91. The first-order valence-electron chi connectivity index (χ1n) is 3.98. The summed E-state index contributed by atoms with van der Waals surface area (Å²) in [7, 11) is 0. The van der Waals surface area contributed by atoms with Crippen molar-refractivity contribution in [2.45, 2.75) is 25.0 Å². The molecular weight excluding hydrogens is 160 g/mol. The topological polar surface area (TPSA) is 95.6 Å². The molecule has 5 N–H and O–H groups in total. The molecule has 0 bridgehead atoms. The lowest BCUT2D eigenvalue weighted by Gasteiger charge is -2.09. The number of nitrogens with one attached hydrogen (secondary N) is 1. The van der Waals surface area contributed by atoms with Gasteiger partial charge in [-0.25, -0.2) is 4.79 Å². The number of aliphatic hydroxyl groups is 2. The van der Waals surface area contributed by atoms with E-state index in [1.165, 1.54) is 0 Å². The molecule has 0 aromatic rings. The van der Waals surface area contributed by atoms with Crippen LogP contribution in [0.4, 0.5) is 4.79 Å². The van der Waals surface area contributed by atoms with Crippen LogP contribution >= 0.6 is 0 Å². The molecule has 1 saturated carbocycles. The van der Waals surface area contributed by atoms with E-state index in [1.807, 2.05) is 0 Å². The molecule has 0 heterocycles. The third-order valence-corrected chi connectivity index (χ3v) is 2.24. The lowest BCUT2D eigenvalue weighted by molar-refractivity contribution is 0.0907. The molecule has 1 rings (SSSR count). The predicted molar refractivity (Wildman–Crippen MR) is 42.3 cm³/mol. The number of rotatable bonds is 2. The van der Waals surface area contributed by atoms with Crippen LogP contribution in [0.1, 0.15) is 12.8 Å². The monoisotopic (exact) mass is 174 g/mol. The zero-order chi connectivity index (χ0) is 9.14. The highest BCUT2D eigenvalue weighted by Gasteiger charge is 2.32. The van der Waals surface area contributed by atoms with Gasteiger partial charge in [0.15, 0.2) is 0 Å². The fraction of sp³-hybridized carbons (Fsp3) is 0.857. The lowest BCUT2D eigenvalue weighted by Crippen LogP contribution is -2.37. The molecule has 0 aromatic heterocycles. The molecule has 5 heteroatoms. The first kappa shape index (κ1) is 9.28. The minimum atomic E-state index is -0.578. The van der Waals surface area contributed by atoms with Gasteiger partial charge in [-0.3, -0.25) is 0 Å². The molecule has 3 atom stereocenters. The summed E-state index contributed by atoms with van der Waals surface area (Å²) in [6.07, 6.45) is 0.557. The van der Waals surface area contributed by atoms with Gasteiger partial charge in [0.1, 0.15) is 0 Å². The van der Waals surface area contributed by atoms with Crippen molar-refractivity contribution >= 4 is 6.03 Å². The van der Waals surface area contributed by atoms with Crippen LogP contribution in [0.15, 0.2) is 0 Å². The van der Waals surface area contributed by atoms with Gasteiger partial charge >= 0.3 is 6.03 Å². The predicted octanol–water partition coefficient (Wildman–Crippen LogP) is -1.21. The third kappa shape index (κ3) is 2.09. The summed E-state index contributed by atoms with van der Waals surface area (Å²) >= 11 is 0. The van der Waals surface area contributed by atoms with Gasteiger partial charge in [0.05, 0.1) is 6.10 Å². The van der Waals surface area contributed by atoms with Gasteiger partial charge < -0.3 is 21.3 Å². The Morgan fingerprint density at radius 3 is 2.67 bits per heavy atom. The smallest absolute Gasteiger partial charge is 0.312 e. The Morgan fingerprint density at radius 2 is 2.25 bits per heavy atom. The highest BCUT2D eigenvalue weighted by atomic mass is 16.3. The number of hydrogen-bond donors (Lipinski definition) is 4. The zero-order valence-corrected chi connectivity index (χ0v) is 6.73. The second kappa shape index (κ2) is 3.73. The van der Waals surface area contributed by atoms with Crippen molar-refractivity contribution in [3.63, 3.8) is 0 Å². The number of primary amides is 1. The Kier molecular flexibility index (Phi) is 2.88. The second-order valence-corrected chi connectivity index (χ2v) is 3.19. The molecule has 0 spiro atoms. The van der Waals surface area contributed by atoms with Crippen LogP contribution in [0.2, 0.25) is 0 Å². The molecule has 0 aromatic carbocycles. The Balaban J connectivity index is 2.37. The van der Waals surface area contributed by atoms with Gasteiger partial charge in [0.25, 0.3) is 0 Å². The van der Waals surface area contributed by atoms with Gasteiger partial charge in [-0.15, -0.1) is 0 Å². The first-order chi connectivity index (χ1) is 5.63. The fourth-order valence-corrected chi connectivity index (χ4v) is 1.62. The largest absolute Gasteiger partial charge is 0.396 e. The number of urea groups is 1. The van der Waals surface area contributed by atoms with E-state index in [0.29, 0.717) is 12.8 Å². The Labute approximate surface area is 70.6 Å². The number of amides is 2. The maximum atomic E-state index is 10.4. The van der Waals surface area contributed by atoms with Crippen molar-refractivity contribution in [2.75, 3.05) is 6.61 Å². The molecule has 70 valence electrons. The molecular formula is C7H14N2O3. The van der Waals surface area contributed by atoms with Crippen LogP contribution in [0, 0.1) is 5.92 Å². The van der Waals surface area contributed by atoms with Crippen LogP contribution < -0.4 is 11.1 Å². The SMILES string of the molecule is NC(=O)NC1CC(O)C(CO)C1. The third-order valence-electron chi connectivity index (χ3n) is 2.24. The number of carbonyl (C=O) groups is 1. The maximum absolute atomic E-state index is 10.4. The van der Waals surface area contributed by atoms with Crippen LogP contribution in [-0.4, -0.2) is 35.0 Å². The number of hydrogen-bond acceptors (Lipinski definition) is 3. The van der Waals surface area contributed by atoms with Gasteiger partial charge in [-0.05, 0) is 12.8 Å². The van der Waals surface area contributed by atoms with E-state index in [2.05, 4.69) is 5.32 Å². The minimum absolute atomic E-state index is 0.0435. The molecule has 1 fully saturated rings. The summed E-state index contributed by atoms with van der Waals surface area (Å²) in [4.78, 5) is 10.4. The molecule has 5 nitrogen and oxygen atoms in total. The molecule has 2 amide bonds. The summed E-state index contributed by atoms with van der Waals surface area (Å²) in [6, 6.07) is -0.666. The standard InChI is InChI=1S/C7H14N2O3/c8-7(12)9-5-1-4(3-10)6(11)2-5/h4-6,10-11H,1-3H2,(H3,8,9,12). The summed E-state index contributed by atoms with van der Waals surface area (Å²) in [5.74, 6) is -0.123. The van der Waals surface area contributed by atoms with E-state index in [1.54, 1.807) is 0 Å². The van der Waals surface area contributed by atoms with E-state index in [4.69, 9.17) is 10.8 Å². The van der Waals surface area contributed by atoms with Crippen molar-refractivity contribution in [1.29, 1.82) is 0 Å². The molecule has 3 unspecified atom stereocenters. The van der Waals surface area contributed by atoms with Crippen LogP contribution in [-0.2, 0) is 0 Å². The molecule has 1 aliphatic rings. The average Bonchev–Trinajstić information content (AvgIpc) is 2.29. The number of nitrogens with two attached hydrogens (primary N) is 1. The Morgan fingerprint density at radius 1 is 1.58 bits per heavy atom. The van der Waals surface area contributed by atoms with E-state index in [9.17, 15) is 9.90 Å². The first-order valence-corrected chi connectivity index (χ1v) is 3.98. The Bertz CT molecular complexity index is 174. The quantitative estimate of drug-likeness (QED) is 0.423. The van der Waals surface area contributed by atoms with E-state index in [-0.39, 0.29) is 18.6 Å². The van der Waals surface area contributed by atoms with Crippen LogP contribution in [0.25, 0.3) is 0 Å². The second-order valence-electron chi connectivity index (χ2n) is 3.19. The lowest BCUT2D eigenvalue weighted by atomic mass is 10.1. The highest BCUT2D eigenvalue weighted by Crippen LogP contribution is 2.25. The highest BCUT2D eigenvalue weighted by molar-refractivity contribution is 5.72. The molecule has 0 radical (unpaired) electrons. The normalized spacial score (nSPS) is 35.0. The van der Waals surface area contributed by atoms with E-state index >= 15 is 0 Å². The number of carbonyl (C=O) groups excluding carboxylic acids is 1. The van der Waals surface area contributed by atoms with Crippen molar-refractivity contribution in [3.05, 3.63) is 0 Å².